The van der Waals surface area contributed by atoms with Crippen molar-refractivity contribution in [3.05, 3.63) is 65.2 Å². The Labute approximate surface area is 244 Å². The molecule has 8 heteroatoms. The number of benzene rings is 2. The third-order valence-electron chi connectivity index (χ3n) is 7.90. The van der Waals surface area contributed by atoms with Crippen molar-refractivity contribution in [1.82, 2.24) is 4.90 Å². The summed E-state index contributed by atoms with van der Waals surface area (Å²) in [6.45, 7) is 1.89. The van der Waals surface area contributed by atoms with Gasteiger partial charge in [-0.3, -0.25) is 0 Å². The molecule has 0 fully saturated rings. The molecule has 0 saturated heterocycles. The molecule has 41 heavy (non-hydrogen) atoms. The van der Waals surface area contributed by atoms with Crippen LogP contribution in [-0.4, -0.2) is 56.2 Å². The highest BCUT2D eigenvalue weighted by Gasteiger charge is 2.27. The molecule has 3 rings (SSSR count). The number of halogens is 3. The van der Waals surface area contributed by atoms with Crippen LogP contribution in [-0.2, 0) is 16.3 Å². The van der Waals surface area contributed by atoms with Gasteiger partial charge in [0.15, 0.2) is 0 Å². The second kappa shape index (κ2) is 16.4. The number of hydrogen-bond acceptors (Lipinski definition) is 4. The fourth-order valence-corrected chi connectivity index (χ4v) is 7.15. The molecule has 1 N–H and O–H groups in total. The lowest BCUT2D eigenvalue weighted by molar-refractivity contribution is -0.134. The van der Waals surface area contributed by atoms with Gasteiger partial charge in [-0.15, -0.1) is 0 Å². The molecule has 1 aliphatic carbocycles. The molecule has 2 aromatic rings. The lowest BCUT2D eigenvalue weighted by Gasteiger charge is -2.17. The summed E-state index contributed by atoms with van der Waals surface area (Å²) in [6, 6.07) is 16.5. The second-order valence-corrected chi connectivity index (χ2v) is 13.7. The molecular formula is C33H46F3NO3S. The summed E-state index contributed by atoms with van der Waals surface area (Å²) in [5.74, 6) is -0.0732. The van der Waals surface area contributed by atoms with Gasteiger partial charge in [-0.25, -0.2) is 8.42 Å². The minimum Gasteiger partial charge on any atom is -0.508 e. The molecule has 0 radical (unpaired) electrons. The Hall–Kier alpha value is -2.32. The molecular weight excluding hydrogens is 547 g/mol. The summed E-state index contributed by atoms with van der Waals surface area (Å²) < 4.78 is 60.5. The Bertz CT molecular complexity index is 1210. The summed E-state index contributed by atoms with van der Waals surface area (Å²) in [5, 5.41) is 10.1. The molecule has 0 amide bonds. The Kier molecular flexibility index (Phi) is 13.2. The summed E-state index contributed by atoms with van der Waals surface area (Å²) >= 11 is 0. The first kappa shape index (κ1) is 33.2. The average molecular weight is 594 g/mol. The number of phenols is 1. The van der Waals surface area contributed by atoms with Crippen LogP contribution >= 0.6 is 0 Å². The van der Waals surface area contributed by atoms with Crippen LogP contribution in [0, 0.1) is 0 Å². The second-order valence-electron chi connectivity index (χ2n) is 11.4. The van der Waals surface area contributed by atoms with Gasteiger partial charge in [0.05, 0.1) is 11.5 Å². The number of unbranched alkanes of at least 4 members (excludes halogenated alkanes) is 5. The number of rotatable bonds is 17. The van der Waals surface area contributed by atoms with E-state index in [1.54, 1.807) is 6.07 Å². The molecule has 4 nitrogen and oxygen atoms in total. The zero-order valence-electron chi connectivity index (χ0n) is 24.4. The van der Waals surface area contributed by atoms with E-state index in [1.165, 1.54) is 27.8 Å². The predicted molar refractivity (Wildman–Crippen MR) is 163 cm³/mol. The molecule has 0 heterocycles. The number of aryl methyl sites for hydroxylation is 1. The maximum atomic E-state index is 12.2. The highest BCUT2D eigenvalue weighted by molar-refractivity contribution is 7.91. The van der Waals surface area contributed by atoms with Crippen LogP contribution in [0.5, 0.6) is 5.75 Å². The number of aromatic hydroxyl groups is 1. The third-order valence-corrected chi connectivity index (χ3v) is 9.72. The number of alkyl halides is 3. The largest absolute Gasteiger partial charge is 0.508 e. The number of phenolic OH excluding ortho intramolecular Hbond substituents is 1. The van der Waals surface area contributed by atoms with Crippen LogP contribution in [0.3, 0.4) is 0 Å². The maximum absolute atomic E-state index is 12.2. The van der Waals surface area contributed by atoms with Crippen LogP contribution in [0.25, 0.3) is 11.1 Å². The van der Waals surface area contributed by atoms with E-state index >= 15 is 0 Å². The highest BCUT2D eigenvalue weighted by atomic mass is 32.2. The normalized spacial score (nSPS) is 14.4. The predicted octanol–water partition coefficient (Wildman–Crippen LogP) is 8.45. The van der Waals surface area contributed by atoms with Crippen molar-refractivity contribution >= 4 is 21.0 Å². The van der Waals surface area contributed by atoms with Crippen molar-refractivity contribution in [2.75, 3.05) is 31.6 Å². The van der Waals surface area contributed by atoms with Crippen LogP contribution in [0.1, 0.15) is 93.7 Å². The first-order valence-corrected chi connectivity index (χ1v) is 16.9. The molecule has 2 aromatic carbocycles. The smallest absolute Gasteiger partial charge is 0.389 e. The maximum Gasteiger partial charge on any atom is 0.389 e. The molecule has 228 valence electrons. The first-order chi connectivity index (χ1) is 19.5. The molecule has 0 unspecified atom stereocenters. The van der Waals surface area contributed by atoms with Gasteiger partial charge in [0.25, 0.3) is 0 Å². The molecule has 0 spiro atoms. The lowest BCUT2D eigenvalue weighted by atomic mass is 9.89. The molecule has 0 bridgehead atoms. The van der Waals surface area contributed by atoms with Crippen LogP contribution in [0.15, 0.2) is 48.5 Å². The van der Waals surface area contributed by atoms with Crippen LogP contribution in [0.4, 0.5) is 13.2 Å². The SMILES string of the molecule is CN(CCCCCCC1=C(c2ccccc2)CCCc2cc(O)ccc21)CCCCCS(=O)(=O)CCCC(F)(F)F. The van der Waals surface area contributed by atoms with Crippen molar-refractivity contribution in [3.63, 3.8) is 0 Å². The molecule has 0 saturated carbocycles. The lowest BCUT2D eigenvalue weighted by Crippen LogP contribution is -2.21. The minimum absolute atomic E-state index is 0.0252. The quantitative estimate of drug-likeness (QED) is 0.187. The number of hydrogen-bond donors (Lipinski definition) is 1. The molecule has 0 aliphatic heterocycles. The average Bonchev–Trinajstić information content (AvgIpc) is 3.08. The van der Waals surface area contributed by atoms with Crippen molar-refractivity contribution in [1.29, 1.82) is 0 Å². The Morgan fingerprint density at radius 2 is 1.49 bits per heavy atom. The first-order valence-electron chi connectivity index (χ1n) is 15.1. The Morgan fingerprint density at radius 3 is 2.20 bits per heavy atom. The number of nitrogens with zero attached hydrogens (tertiary/aromatic N) is 1. The number of sulfone groups is 1. The highest BCUT2D eigenvalue weighted by Crippen LogP contribution is 2.39. The van der Waals surface area contributed by atoms with E-state index in [1.807, 2.05) is 6.07 Å². The summed E-state index contributed by atoms with van der Waals surface area (Å²) in [6.07, 6.45) is 5.13. The summed E-state index contributed by atoms with van der Waals surface area (Å²) in [4.78, 5) is 2.28. The number of fused-ring (bicyclic) bond motifs is 1. The van der Waals surface area contributed by atoms with Gasteiger partial charge in [-0.2, -0.15) is 13.2 Å². The van der Waals surface area contributed by atoms with Crippen LogP contribution in [0.2, 0.25) is 0 Å². The summed E-state index contributed by atoms with van der Waals surface area (Å²) in [7, 11) is -1.32. The zero-order valence-corrected chi connectivity index (χ0v) is 25.2. The van der Waals surface area contributed by atoms with Gasteiger partial charge >= 0.3 is 6.18 Å². The third kappa shape index (κ3) is 12.2. The Morgan fingerprint density at radius 1 is 0.829 bits per heavy atom. The minimum atomic E-state index is -4.30. The molecule has 0 atom stereocenters. The van der Waals surface area contributed by atoms with E-state index in [9.17, 15) is 26.7 Å². The standard InChI is InChI=1S/C33H46F3NO3S/c1-37(23-10-5-11-24-41(39,40)25-13-21-33(34,35)36)22-9-3-2-8-17-32-30(27-14-6-4-7-15-27)18-12-16-28-26-29(38)19-20-31(28)32/h4,6-7,14-15,19-20,26,38H,2-3,5,8-13,16-18,21-25H2,1H3. The van der Waals surface area contributed by atoms with Gasteiger partial charge in [0, 0.05) is 6.42 Å². The Balaban J connectivity index is 1.36. The van der Waals surface area contributed by atoms with Gasteiger partial charge in [0.1, 0.15) is 15.6 Å². The summed E-state index contributed by atoms with van der Waals surface area (Å²) in [5.41, 5.74) is 6.68. The molecule has 1 aliphatic rings. The van der Waals surface area contributed by atoms with Crippen molar-refractivity contribution in [2.24, 2.45) is 0 Å². The molecule has 0 aromatic heterocycles. The van der Waals surface area contributed by atoms with E-state index in [-0.39, 0.29) is 17.9 Å². The van der Waals surface area contributed by atoms with Gasteiger partial charge < -0.3 is 10.0 Å². The van der Waals surface area contributed by atoms with E-state index in [0.717, 1.165) is 77.3 Å². The van der Waals surface area contributed by atoms with Crippen molar-refractivity contribution in [3.8, 4) is 5.75 Å². The zero-order chi connectivity index (χ0) is 29.7. The van der Waals surface area contributed by atoms with Crippen molar-refractivity contribution < 1.29 is 26.7 Å². The van der Waals surface area contributed by atoms with E-state index in [4.69, 9.17) is 0 Å². The van der Waals surface area contributed by atoms with E-state index in [0.29, 0.717) is 12.2 Å². The van der Waals surface area contributed by atoms with Gasteiger partial charge in [-0.05, 0) is 118 Å². The van der Waals surface area contributed by atoms with Gasteiger partial charge in [0.2, 0.25) is 0 Å². The monoisotopic (exact) mass is 593 g/mol. The topological polar surface area (TPSA) is 57.6 Å². The number of allylic oxidation sites excluding steroid dienone is 2. The fourth-order valence-electron chi connectivity index (χ4n) is 5.72. The van der Waals surface area contributed by atoms with Crippen molar-refractivity contribution in [2.45, 2.75) is 89.6 Å². The fraction of sp³-hybridized carbons (Fsp3) is 0.576. The van der Waals surface area contributed by atoms with E-state index in [2.05, 4.69) is 48.3 Å². The van der Waals surface area contributed by atoms with Gasteiger partial charge in [-0.1, -0.05) is 55.7 Å². The van der Waals surface area contributed by atoms with Crippen LogP contribution < -0.4 is 0 Å². The van der Waals surface area contributed by atoms with E-state index < -0.39 is 22.4 Å².